The summed E-state index contributed by atoms with van der Waals surface area (Å²) in [5.74, 6) is -0.132. The molecule has 1 aromatic carbocycles. The van der Waals surface area contributed by atoms with Crippen LogP contribution in [-0.2, 0) is 11.3 Å². The molecule has 1 unspecified atom stereocenters. The molecule has 3 amide bonds. The number of carbonyl (C=O) groups excluding carboxylic acids is 2. The number of thiophene rings is 1. The maximum atomic E-state index is 12.1. The van der Waals surface area contributed by atoms with E-state index in [0.29, 0.717) is 6.54 Å². The summed E-state index contributed by atoms with van der Waals surface area (Å²) in [6.45, 7) is 2.48. The molecule has 1 aromatic heterocycles. The van der Waals surface area contributed by atoms with Gasteiger partial charge < -0.3 is 16.4 Å². The van der Waals surface area contributed by atoms with Gasteiger partial charge in [-0.2, -0.15) is 0 Å². The molecule has 6 heteroatoms. The molecule has 1 atom stereocenters. The third kappa shape index (κ3) is 4.89. The van der Waals surface area contributed by atoms with E-state index in [9.17, 15) is 9.59 Å². The van der Waals surface area contributed by atoms with Crippen molar-refractivity contribution < 1.29 is 9.59 Å². The number of primary amides is 1. The number of rotatable bonds is 6. The van der Waals surface area contributed by atoms with Crippen LogP contribution in [0.4, 0.5) is 4.79 Å². The van der Waals surface area contributed by atoms with Crippen molar-refractivity contribution in [3.8, 4) is 0 Å². The number of urea groups is 1. The fourth-order valence-corrected chi connectivity index (χ4v) is 2.83. The van der Waals surface area contributed by atoms with Gasteiger partial charge in [0.15, 0.2) is 0 Å². The van der Waals surface area contributed by atoms with Crippen molar-refractivity contribution in [2.45, 2.75) is 25.9 Å². The highest BCUT2D eigenvalue weighted by molar-refractivity contribution is 7.10. The molecule has 0 aliphatic carbocycles. The van der Waals surface area contributed by atoms with Crippen molar-refractivity contribution in [3.63, 3.8) is 0 Å². The van der Waals surface area contributed by atoms with Gasteiger partial charge >= 0.3 is 6.03 Å². The minimum absolute atomic E-state index is 0.132. The van der Waals surface area contributed by atoms with Gasteiger partial charge in [0.2, 0.25) is 5.91 Å². The SMILES string of the molecule is Cc1ccc(CNC(=O)CC(NC(N)=O)c2cccs2)cc1. The first-order valence-electron chi connectivity index (χ1n) is 6.96. The van der Waals surface area contributed by atoms with Crippen molar-refractivity contribution in [3.05, 3.63) is 57.8 Å². The zero-order valence-electron chi connectivity index (χ0n) is 12.3. The molecule has 0 fully saturated rings. The Hall–Kier alpha value is -2.34. The molecule has 0 bridgehead atoms. The van der Waals surface area contributed by atoms with Gasteiger partial charge in [-0.25, -0.2) is 4.79 Å². The Kier molecular flexibility index (Phi) is 5.55. The molecule has 5 nitrogen and oxygen atoms in total. The Bertz CT molecular complexity index is 623. The van der Waals surface area contributed by atoms with Crippen LogP contribution in [0.5, 0.6) is 0 Å². The molecule has 1 heterocycles. The highest BCUT2D eigenvalue weighted by Gasteiger charge is 2.18. The van der Waals surface area contributed by atoms with Crippen molar-refractivity contribution in [1.29, 1.82) is 0 Å². The number of nitrogens with two attached hydrogens (primary N) is 1. The van der Waals surface area contributed by atoms with Crippen molar-refractivity contribution in [1.82, 2.24) is 10.6 Å². The van der Waals surface area contributed by atoms with Crippen molar-refractivity contribution >= 4 is 23.3 Å². The van der Waals surface area contributed by atoms with Gasteiger partial charge in [-0.05, 0) is 23.9 Å². The lowest BCUT2D eigenvalue weighted by molar-refractivity contribution is -0.121. The summed E-state index contributed by atoms with van der Waals surface area (Å²) < 4.78 is 0. The summed E-state index contributed by atoms with van der Waals surface area (Å²) >= 11 is 1.48. The van der Waals surface area contributed by atoms with Gasteiger partial charge in [-0.15, -0.1) is 11.3 Å². The Balaban J connectivity index is 1.90. The molecule has 0 spiro atoms. The maximum Gasteiger partial charge on any atom is 0.312 e. The number of nitrogens with one attached hydrogen (secondary N) is 2. The summed E-state index contributed by atoms with van der Waals surface area (Å²) in [5.41, 5.74) is 7.39. The van der Waals surface area contributed by atoms with E-state index in [4.69, 9.17) is 5.73 Å². The fraction of sp³-hybridized carbons (Fsp3) is 0.250. The topological polar surface area (TPSA) is 84.2 Å². The van der Waals surface area contributed by atoms with Gasteiger partial charge in [-0.1, -0.05) is 35.9 Å². The molecule has 0 saturated carbocycles. The van der Waals surface area contributed by atoms with Crippen LogP contribution in [0.2, 0.25) is 0 Å². The zero-order chi connectivity index (χ0) is 15.9. The molecule has 4 N–H and O–H groups in total. The largest absolute Gasteiger partial charge is 0.352 e. The van der Waals surface area contributed by atoms with E-state index in [1.165, 1.54) is 16.9 Å². The average molecular weight is 317 g/mol. The Morgan fingerprint density at radius 3 is 2.55 bits per heavy atom. The molecule has 2 aromatic rings. The normalized spacial score (nSPS) is 11.7. The first-order valence-corrected chi connectivity index (χ1v) is 7.84. The minimum atomic E-state index is -0.635. The quantitative estimate of drug-likeness (QED) is 0.764. The number of aryl methyl sites for hydroxylation is 1. The molecule has 22 heavy (non-hydrogen) atoms. The van der Waals surface area contributed by atoms with E-state index in [1.807, 2.05) is 48.7 Å². The van der Waals surface area contributed by atoms with Crippen LogP contribution in [0.1, 0.15) is 28.5 Å². The molecular weight excluding hydrogens is 298 g/mol. The second kappa shape index (κ2) is 7.61. The number of benzene rings is 1. The van der Waals surface area contributed by atoms with E-state index in [-0.39, 0.29) is 12.3 Å². The number of hydrogen-bond acceptors (Lipinski definition) is 3. The molecule has 2 rings (SSSR count). The zero-order valence-corrected chi connectivity index (χ0v) is 13.2. The molecule has 116 valence electrons. The van der Waals surface area contributed by atoms with Crippen LogP contribution >= 0.6 is 11.3 Å². The summed E-state index contributed by atoms with van der Waals surface area (Å²) in [4.78, 5) is 24.1. The summed E-state index contributed by atoms with van der Waals surface area (Å²) in [5, 5.41) is 7.36. The maximum absolute atomic E-state index is 12.1. The Morgan fingerprint density at radius 1 is 1.23 bits per heavy atom. The van der Waals surface area contributed by atoms with Crippen LogP contribution in [0, 0.1) is 6.92 Å². The van der Waals surface area contributed by atoms with Crippen molar-refractivity contribution in [2.75, 3.05) is 0 Å². The van der Waals surface area contributed by atoms with Crippen LogP contribution in [0.15, 0.2) is 41.8 Å². The smallest absolute Gasteiger partial charge is 0.312 e. The van der Waals surface area contributed by atoms with Crippen LogP contribution in [0.3, 0.4) is 0 Å². The van der Waals surface area contributed by atoms with E-state index >= 15 is 0 Å². The first kappa shape index (κ1) is 16.0. The monoisotopic (exact) mass is 317 g/mol. The minimum Gasteiger partial charge on any atom is -0.352 e. The predicted octanol–water partition coefficient (Wildman–Crippen LogP) is 2.47. The third-order valence-electron chi connectivity index (χ3n) is 3.20. The van der Waals surface area contributed by atoms with Gasteiger partial charge in [0, 0.05) is 11.4 Å². The summed E-state index contributed by atoms with van der Waals surface area (Å²) in [7, 11) is 0. The highest BCUT2D eigenvalue weighted by atomic mass is 32.1. The van der Waals surface area contributed by atoms with Crippen LogP contribution < -0.4 is 16.4 Å². The van der Waals surface area contributed by atoms with Gasteiger partial charge in [0.1, 0.15) is 0 Å². The van der Waals surface area contributed by atoms with E-state index in [2.05, 4.69) is 10.6 Å². The molecule has 0 saturated heterocycles. The van der Waals surface area contributed by atoms with E-state index in [1.54, 1.807) is 0 Å². The van der Waals surface area contributed by atoms with Crippen LogP contribution in [-0.4, -0.2) is 11.9 Å². The lowest BCUT2D eigenvalue weighted by Crippen LogP contribution is -2.36. The second-order valence-corrected chi connectivity index (χ2v) is 6.02. The fourth-order valence-electron chi connectivity index (χ4n) is 2.05. The molecule has 0 aliphatic heterocycles. The molecule has 0 aliphatic rings. The molecule has 0 radical (unpaired) electrons. The predicted molar refractivity (Wildman–Crippen MR) is 87.4 cm³/mol. The summed E-state index contributed by atoms with van der Waals surface area (Å²) in [6.07, 6.45) is 0.162. The number of amides is 3. The van der Waals surface area contributed by atoms with Gasteiger partial charge in [0.25, 0.3) is 0 Å². The van der Waals surface area contributed by atoms with Crippen molar-refractivity contribution in [2.24, 2.45) is 5.73 Å². The standard InChI is InChI=1S/C16H19N3O2S/c1-11-4-6-12(7-5-11)10-18-15(20)9-13(19-16(17)21)14-3-2-8-22-14/h2-8,13H,9-10H2,1H3,(H,18,20)(H3,17,19,21). The molecular formula is C16H19N3O2S. The Labute approximate surface area is 133 Å². The first-order chi connectivity index (χ1) is 10.5. The highest BCUT2D eigenvalue weighted by Crippen LogP contribution is 2.21. The van der Waals surface area contributed by atoms with Gasteiger partial charge in [-0.3, -0.25) is 4.79 Å². The lowest BCUT2D eigenvalue weighted by atomic mass is 10.1. The third-order valence-corrected chi connectivity index (χ3v) is 4.19. The van der Waals surface area contributed by atoms with E-state index < -0.39 is 12.1 Å². The van der Waals surface area contributed by atoms with Crippen LogP contribution in [0.25, 0.3) is 0 Å². The number of carbonyl (C=O) groups is 2. The van der Waals surface area contributed by atoms with E-state index in [0.717, 1.165) is 10.4 Å². The number of hydrogen-bond donors (Lipinski definition) is 3. The Morgan fingerprint density at radius 2 is 1.95 bits per heavy atom. The van der Waals surface area contributed by atoms with Gasteiger partial charge in [0.05, 0.1) is 12.5 Å². The lowest BCUT2D eigenvalue weighted by Gasteiger charge is -2.16. The summed E-state index contributed by atoms with van der Waals surface area (Å²) in [6, 6.07) is 10.7. The average Bonchev–Trinajstić information content (AvgIpc) is 3.00. The second-order valence-electron chi connectivity index (χ2n) is 5.04.